The zero-order valence-electron chi connectivity index (χ0n) is 12.9. The Bertz CT molecular complexity index is 629. The van der Waals surface area contributed by atoms with E-state index < -0.39 is 0 Å². The number of hydrogen-bond donors (Lipinski definition) is 0. The van der Waals surface area contributed by atoms with Crippen molar-refractivity contribution in [3.05, 3.63) is 36.0 Å². The molecule has 0 aliphatic carbocycles. The SMILES string of the molecule is COCC1CN(c2cc(C)nc3ccccc23)CC(C)O1. The Morgan fingerprint density at radius 3 is 2.95 bits per heavy atom. The van der Waals surface area contributed by atoms with Crippen LogP contribution in [0.15, 0.2) is 30.3 Å². The fourth-order valence-corrected chi connectivity index (χ4v) is 3.07. The predicted molar refractivity (Wildman–Crippen MR) is 84.9 cm³/mol. The fraction of sp³-hybridized carbons (Fsp3) is 0.471. The summed E-state index contributed by atoms with van der Waals surface area (Å²) in [5, 5.41) is 1.20. The summed E-state index contributed by atoms with van der Waals surface area (Å²) in [4.78, 5) is 7.02. The second-order valence-corrected chi connectivity index (χ2v) is 5.73. The van der Waals surface area contributed by atoms with E-state index in [2.05, 4.69) is 41.1 Å². The fourth-order valence-electron chi connectivity index (χ4n) is 3.07. The lowest BCUT2D eigenvalue weighted by molar-refractivity contribution is -0.0510. The van der Waals surface area contributed by atoms with Crippen molar-refractivity contribution < 1.29 is 9.47 Å². The molecule has 0 N–H and O–H groups in total. The normalized spacial score (nSPS) is 22.7. The van der Waals surface area contributed by atoms with E-state index in [0.717, 1.165) is 24.3 Å². The molecule has 4 nitrogen and oxygen atoms in total. The summed E-state index contributed by atoms with van der Waals surface area (Å²) in [6.07, 6.45) is 0.317. The van der Waals surface area contributed by atoms with Gasteiger partial charge in [-0.05, 0) is 26.0 Å². The zero-order valence-corrected chi connectivity index (χ0v) is 12.9. The van der Waals surface area contributed by atoms with Gasteiger partial charge in [0.2, 0.25) is 0 Å². The van der Waals surface area contributed by atoms with E-state index in [4.69, 9.17) is 9.47 Å². The molecule has 0 spiro atoms. The van der Waals surface area contributed by atoms with E-state index in [9.17, 15) is 0 Å². The van der Waals surface area contributed by atoms with Crippen LogP contribution in [0.4, 0.5) is 5.69 Å². The first kappa shape index (κ1) is 14.3. The molecule has 4 heteroatoms. The standard InChI is InChI=1S/C17H22N2O2/c1-12-8-17(15-6-4-5-7-16(15)18-12)19-9-13(2)21-14(10-19)11-20-3/h4-8,13-14H,9-11H2,1-3H3. The second-order valence-electron chi connectivity index (χ2n) is 5.73. The minimum absolute atomic E-state index is 0.117. The Morgan fingerprint density at radius 1 is 1.33 bits per heavy atom. The molecule has 2 heterocycles. The summed E-state index contributed by atoms with van der Waals surface area (Å²) in [5.41, 5.74) is 3.34. The monoisotopic (exact) mass is 286 g/mol. The number of morpholine rings is 1. The number of aromatic nitrogens is 1. The highest BCUT2D eigenvalue weighted by Crippen LogP contribution is 2.29. The van der Waals surface area contributed by atoms with Crippen LogP contribution in [0, 0.1) is 6.92 Å². The highest BCUT2D eigenvalue weighted by Gasteiger charge is 2.26. The van der Waals surface area contributed by atoms with E-state index >= 15 is 0 Å². The van der Waals surface area contributed by atoms with Crippen LogP contribution in [0.1, 0.15) is 12.6 Å². The highest BCUT2D eigenvalue weighted by molar-refractivity contribution is 5.92. The number of anilines is 1. The molecule has 0 bridgehead atoms. The van der Waals surface area contributed by atoms with Crippen LogP contribution in [0.3, 0.4) is 0 Å². The number of para-hydroxylation sites is 1. The van der Waals surface area contributed by atoms with Crippen molar-refractivity contribution in [2.75, 3.05) is 31.7 Å². The van der Waals surface area contributed by atoms with Crippen molar-refractivity contribution in [2.24, 2.45) is 0 Å². The lowest BCUT2D eigenvalue weighted by atomic mass is 10.1. The molecule has 21 heavy (non-hydrogen) atoms. The molecule has 0 saturated carbocycles. The van der Waals surface area contributed by atoms with Crippen LogP contribution >= 0.6 is 0 Å². The second kappa shape index (κ2) is 6.00. The van der Waals surface area contributed by atoms with Crippen molar-refractivity contribution in [1.82, 2.24) is 4.98 Å². The van der Waals surface area contributed by atoms with Gasteiger partial charge in [-0.1, -0.05) is 18.2 Å². The number of benzene rings is 1. The summed E-state index contributed by atoms with van der Waals surface area (Å²) in [7, 11) is 1.72. The molecule has 0 radical (unpaired) electrons. The predicted octanol–water partition coefficient (Wildman–Crippen LogP) is 2.78. The zero-order chi connectivity index (χ0) is 14.8. The van der Waals surface area contributed by atoms with Gasteiger partial charge >= 0.3 is 0 Å². The minimum atomic E-state index is 0.117. The number of fused-ring (bicyclic) bond motifs is 1. The van der Waals surface area contributed by atoms with E-state index in [1.54, 1.807) is 7.11 Å². The van der Waals surface area contributed by atoms with Crippen LogP contribution < -0.4 is 4.90 Å². The van der Waals surface area contributed by atoms with Crippen LogP contribution in [0.25, 0.3) is 10.9 Å². The summed E-state index contributed by atoms with van der Waals surface area (Å²) in [6.45, 7) is 6.54. The van der Waals surface area contributed by atoms with Crippen molar-refractivity contribution in [3.63, 3.8) is 0 Å². The van der Waals surface area contributed by atoms with Crippen LogP contribution in [0.5, 0.6) is 0 Å². The van der Waals surface area contributed by atoms with E-state index in [1.165, 1.54) is 11.1 Å². The number of rotatable bonds is 3. The molecule has 2 aromatic rings. The first-order valence-electron chi connectivity index (χ1n) is 7.43. The molecule has 1 aromatic heterocycles. The smallest absolute Gasteiger partial charge is 0.0987 e. The topological polar surface area (TPSA) is 34.6 Å². The van der Waals surface area contributed by atoms with E-state index in [1.807, 2.05) is 13.0 Å². The maximum atomic E-state index is 5.94. The first-order valence-corrected chi connectivity index (χ1v) is 7.43. The number of nitrogens with zero attached hydrogens (tertiary/aromatic N) is 2. The largest absolute Gasteiger partial charge is 0.382 e. The number of aryl methyl sites for hydroxylation is 1. The lowest BCUT2D eigenvalue weighted by Crippen LogP contribution is -2.48. The molecule has 0 amide bonds. The lowest BCUT2D eigenvalue weighted by Gasteiger charge is -2.38. The molecule has 3 rings (SSSR count). The van der Waals surface area contributed by atoms with Gasteiger partial charge in [0.05, 0.1) is 24.3 Å². The third-order valence-electron chi connectivity index (χ3n) is 3.84. The van der Waals surface area contributed by atoms with Crippen molar-refractivity contribution in [3.8, 4) is 0 Å². The Kier molecular flexibility index (Phi) is 4.08. The maximum absolute atomic E-state index is 5.94. The van der Waals surface area contributed by atoms with Gasteiger partial charge in [-0.15, -0.1) is 0 Å². The molecule has 1 aliphatic heterocycles. The van der Waals surface area contributed by atoms with Gasteiger partial charge in [0.25, 0.3) is 0 Å². The third-order valence-corrected chi connectivity index (χ3v) is 3.84. The summed E-state index contributed by atoms with van der Waals surface area (Å²) in [6, 6.07) is 10.5. The number of hydrogen-bond acceptors (Lipinski definition) is 4. The van der Waals surface area contributed by atoms with Gasteiger partial charge < -0.3 is 14.4 Å². The Hall–Kier alpha value is -1.65. The Morgan fingerprint density at radius 2 is 2.14 bits per heavy atom. The number of pyridine rings is 1. The number of methoxy groups -OCH3 is 1. The van der Waals surface area contributed by atoms with Crippen molar-refractivity contribution >= 4 is 16.6 Å². The van der Waals surface area contributed by atoms with Crippen LogP contribution in [0.2, 0.25) is 0 Å². The molecular weight excluding hydrogens is 264 g/mol. The first-order chi connectivity index (χ1) is 10.2. The number of ether oxygens (including phenoxy) is 2. The molecule has 1 aliphatic rings. The van der Waals surface area contributed by atoms with Gasteiger partial charge in [0.1, 0.15) is 0 Å². The average molecular weight is 286 g/mol. The van der Waals surface area contributed by atoms with Crippen molar-refractivity contribution in [1.29, 1.82) is 0 Å². The Balaban J connectivity index is 1.99. The van der Waals surface area contributed by atoms with E-state index in [0.29, 0.717) is 6.61 Å². The quantitative estimate of drug-likeness (QED) is 0.869. The average Bonchev–Trinajstić information content (AvgIpc) is 2.46. The van der Waals surface area contributed by atoms with Gasteiger partial charge in [0, 0.05) is 37.0 Å². The summed E-state index contributed by atoms with van der Waals surface area (Å²) >= 11 is 0. The van der Waals surface area contributed by atoms with Gasteiger partial charge in [-0.3, -0.25) is 4.98 Å². The third kappa shape index (κ3) is 3.01. The molecule has 1 aromatic carbocycles. The molecule has 1 fully saturated rings. The highest BCUT2D eigenvalue weighted by atomic mass is 16.5. The molecule has 112 valence electrons. The minimum Gasteiger partial charge on any atom is -0.382 e. The molecule has 1 saturated heterocycles. The van der Waals surface area contributed by atoms with Gasteiger partial charge in [-0.25, -0.2) is 0 Å². The van der Waals surface area contributed by atoms with Gasteiger partial charge in [-0.2, -0.15) is 0 Å². The van der Waals surface area contributed by atoms with Gasteiger partial charge in [0.15, 0.2) is 0 Å². The summed E-state index contributed by atoms with van der Waals surface area (Å²) in [5.74, 6) is 0. The van der Waals surface area contributed by atoms with Crippen molar-refractivity contribution in [2.45, 2.75) is 26.1 Å². The molecule has 2 unspecified atom stereocenters. The Labute approximate surface area is 125 Å². The van der Waals surface area contributed by atoms with Crippen LogP contribution in [-0.2, 0) is 9.47 Å². The van der Waals surface area contributed by atoms with Crippen LogP contribution in [-0.4, -0.2) is 44.0 Å². The molecule has 2 atom stereocenters. The maximum Gasteiger partial charge on any atom is 0.0987 e. The summed E-state index contributed by atoms with van der Waals surface area (Å²) < 4.78 is 11.2. The van der Waals surface area contributed by atoms with E-state index in [-0.39, 0.29) is 12.2 Å². The molecular formula is C17H22N2O2.